The number of carbonyl (C=O) groups is 2. The van der Waals surface area contributed by atoms with E-state index in [4.69, 9.17) is 11.6 Å². The van der Waals surface area contributed by atoms with Gasteiger partial charge in [0, 0.05) is 17.6 Å². The fraction of sp³-hybridized carbons (Fsp3) is 0.556. The Bertz CT molecular complexity index is 607. The van der Waals surface area contributed by atoms with Gasteiger partial charge in [0.05, 0.1) is 11.3 Å². The predicted octanol–water partition coefficient (Wildman–Crippen LogP) is 3.47. The Morgan fingerprint density at radius 3 is 2.35 bits per heavy atom. The summed E-state index contributed by atoms with van der Waals surface area (Å²) in [6.07, 6.45) is 4.25. The largest absolute Gasteiger partial charge is 0.481 e. The molecule has 0 aromatic heterocycles. The minimum absolute atomic E-state index is 0.0913. The van der Waals surface area contributed by atoms with Gasteiger partial charge in [-0.05, 0) is 43.9 Å². The summed E-state index contributed by atoms with van der Waals surface area (Å²) in [6, 6.07) is 7.31. The van der Waals surface area contributed by atoms with Gasteiger partial charge in [-0.3, -0.25) is 9.59 Å². The highest BCUT2D eigenvalue weighted by atomic mass is 35.5. The maximum atomic E-state index is 13.3. The third kappa shape index (κ3) is 2.74. The van der Waals surface area contributed by atoms with Crippen molar-refractivity contribution in [3.05, 3.63) is 34.9 Å². The second-order valence-corrected chi connectivity index (χ2v) is 7.21. The molecule has 1 aromatic rings. The molecule has 2 atom stereocenters. The second kappa shape index (κ2) is 6.16. The molecule has 3 rings (SSSR count). The second-order valence-electron chi connectivity index (χ2n) is 6.77. The molecule has 1 aliphatic heterocycles. The summed E-state index contributed by atoms with van der Waals surface area (Å²) in [6.45, 7) is 2.39. The Kier molecular flexibility index (Phi) is 4.37. The summed E-state index contributed by atoms with van der Waals surface area (Å²) in [5.41, 5.74) is 0.502. The molecule has 23 heavy (non-hydrogen) atoms. The van der Waals surface area contributed by atoms with Gasteiger partial charge >= 0.3 is 5.97 Å². The molecule has 2 fully saturated rings. The number of hydrogen-bond acceptors (Lipinski definition) is 2. The first-order valence-electron chi connectivity index (χ1n) is 8.25. The molecule has 0 spiro atoms. The van der Waals surface area contributed by atoms with E-state index >= 15 is 0 Å². The van der Waals surface area contributed by atoms with Gasteiger partial charge in [0.15, 0.2) is 0 Å². The number of benzene rings is 1. The maximum absolute atomic E-state index is 13.3. The zero-order valence-electron chi connectivity index (χ0n) is 13.3. The van der Waals surface area contributed by atoms with Crippen molar-refractivity contribution in [3.63, 3.8) is 0 Å². The van der Waals surface area contributed by atoms with E-state index in [1.54, 1.807) is 4.90 Å². The van der Waals surface area contributed by atoms with Crippen molar-refractivity contribution in [1.29, 1.82) is 0 Å². The quantitative estimate of drug-likeness (QED) is 0.920. The Morgan fingerprint density at radius 2 is 1.83 bits per heavy atom. The number of likely N-dealkylation sites (tertiary alicyclic amines) is 1. The van der Waals surface area contributed by atoms with E-state index in [0.717, 1.165) is 31.2 Å². The first-order chi connectivity index (χ1) is 11.0. The third-order valence-electron chi connectivity index (χ3n) is 5.60. The topological polar surface area (TPSA) is 57.6 Å². The van der Waals surface area contributed by atoms with Crippen molar-refractivity contribution in [2.45, 2.75) is 50.5 Å². The van der Waals surface area contributed by atoms with Crippen molar-refractivity contribution in [2.24, 2.45) is 5.92 Å². The Balaban J connectivity index is 1.91. The summed E-state index contributed by atoms with van der Waals surface area (Å²) >= 11 is 5.99. The maximum Gasteiger partial charge on any atom is 0.308 e. The van der Waals surface area contributed by atoms with Crippen LogP contribution in [-0.2, 0) is 15.0 Å². The van der Waals surface area contributed by atoms with E-state index in [-0.39, 0.29) is 11.9 Å². The standard InChI is InChI=1S/C18H22ClNO3/c1-12-15(16(21)22)8-11-20(12)17(23)18(9-2-3-10-18)13-4-6-14(19)7-5-13/h4-7,12,15H,2-3,8-11H2,1H3,(H,21,22). The van der Waals surface area contributed by atoms with E-state index in [9.17, 15) is 14.7 Å². The van der Waals surface area contributed by atoms with Gasteiger partial charge in [0.1, 0.15) is 0 Å². The molecule has 1 aliphatic carbocycles. The van der Waals surface area contributed by atoms with Gasteiger partial charge in [-0.15, -0.1) is 0 Å². The molecule has 1 saturated carbocycles. The highest BCUT2D eigenvalue weighted by molar-refractivity contribution is 6.30. The normalized spacial score (nSPS) is 26.4. The minimum Gasteiger partial charge on any atom is -0.481 e. The smallest absolute Gasteiger partial charge is 0.308 e. The van der Waals surface area contributed by atoms with Crippen LogP contribution in [0.3, 0.4) is 0 Å². The Morgan fingerprint density at radius 1 is 1.22 bits per heavy atom. The van der Waals surface area contributed by atoms with Crippen molar-refractivity contribution < 1.29 is 14.7 Å². The molecule has 0 bridgehead atoms. The number of aliphatic carboxylic acids is 1. The predicted molar refractivity (Wildman–Crippen MR) is 88.5 cm³/mol. The van der Waals surface area contributed by atoms with Gasteiger partial charge in [-0.25, -0.2) is 0 Å². The molecule has 5 heteroatoms. The van der Waals surface area contributed by atoms with E-state index in [0.29, 0.717) is 18.0 Å². The highest BCUT2D eigenvalue weighted by Crippen LogP contribution is 2.44. The molecule has 1 N–H and O–H groups in total. The number of carboxylic acids is 1. The first-order valence-corrected chi connectivity index (χ1v) is 8.63. The fourth-order valence-corrected chi connectivity index (χ4v) is 4.33. The van der Waals surface area contributed by atoms with Gasteiger partial charge < -0.3 is 10.0 Å². The van der Waals surface area contributed by atoms with E-state index in [2.05, 4.69) is 0 Å². The lowest BCUT2D eigenvalue weighted by molar-refractivity contribution is -0.144. The zero-order chi connectivity index (χ0) is 16.6. The SMILES string of the molecule is CC1C(C(=O)O)CCN1C(=O)C1(c2ccc(Cl)cc2)CCCC1. The van der Waals surface area contributed by atoms with E-state index < -0.39 is 17.3 Å². The highest BCUT2D eigenvalue weighted by Gasteiger charge is 2.49. The van der Waals surface area contributed by atoms with Crippen LogP contribution in [0.15, 0.2) is 24.3 Å². The van der Waals surface area contributed by atoms with Crippen molar-refractivity contribution in [1.82, 2.24) is 4.90 Å². The zero-order valence-corrected chi connectivity index (χ0v) is 14.1. The molecular weight excluding hydrogens is 314 g/mol. The number of hydrogen-bond donors (Lipinski definition) is 1. The van der Waals surface area contributed by atoms with Crippen LogP contribution in [-0.4, -0.2) is 34.5 Å². The molecule has 124 valence electrons. The van der Waals surface area contributed by atoms with Crippen LogP contribution in [0.5, 0.6) is 0 Å². The summed E-state index contributed by atoms with van der Waals surface area (Å²) in [5.74, 6) is -1.17. The lowest BCUT2D eigenvalue weighted by Crippen LogP contribution is -2.48. The van der Waals surface area contributed by atoms with Gasteiger partial charge in [-0.1, -0.05) is 36.6 Å². The lowest BCUT2D eigenvalue weighted by Gasteiger charge is -2.35. The molecular formula is C18H22ClNO3. The number of nitrogens with zero attached hydrogens (tertiary/aromatic N) is 1. The van der Waals surface area contributed by atoms with Gasteiger partial charge in [0.2, 0.25) is 5.91 Å². The average molecular weight is 336 g/mol. The summed E-state index contributed by atoms with van der Waals surface area (Å²) in [5, 5.41) is 9.97. The molecule has 1 aromatic carbocycles. The van der Waals surface area contributed by atoms with Crippen LogP contribution < -0.4 is 0 Å². The van der Waals surface area contributed by atoms with Gasteiger partial charge in [-0.2, -0.15) is 0 Å². The molecule has 0 radical (unpaired) electrons. The summed E-state index contributed by atoms with van der Waals surface area (Å²) < 4.78 is 0. The van der Waals surface area contributed by atoms with Crippen molar-refractivity contribution in [3.8, 4) is 0 Å². The van der Waals surface area contributed by atoms with E-state index in [1.807, 2.05) is 31.2 Å². The molecule has 2 unspecified atom stereocenters. The van der Waals surface area contributed by atoms with Crippen LogP contribution in [0.2, 0.25) is 5.02 Å². The lowest BCUT2D eigenvalue weighted by atomic mass is 9.77. The summed E-state index contributed by atoms with van der Waals surface area (Å²) in [4.78, 5) is 26.5. The Hall–Kier alpha value is -1.55. The minimum atomic E-state index is -0.806. The third-order valence-corrected chi connectivity index (χ3v) is 5.85. The first kappa shape index (κ1) is 16.3. The molecule has 2 aliphatic rings. The van der Waals surface area contributed by atoms with Gasteiger partial charge in [0.25, 0.3) is 0 Å². The van der Waals surface area contributed by atoms with Crippen LogP contribution in [0.25, 0.3) is 0 Å². The molecule has 1 heterocycles. The van der Waals surface area contributed by atoms with E-state index in [1.165, 1.54) is 0 Å². The van der Waals surface area contributed by atoms with Crippen molar-refractivity contribution >= 4 is 23.5 Å². The number of rotatable bonds is 3. The average Bonchev–Trinajstić information content (AvgIpc) is 3.15. The monoisotopic (exact) mass is 335 g/mol. The number of amides is 1. The number of carboxylic acid groups (broad SMARTS) is 1. The van der Waals surface area contributed by atoms with Crippen LogP contribution >= 0.6 is 11.6 Å². The molecule has 4 nitrogen and oxygen atoms in total. The van der Waals surface area contributed by atoms with Crippen LogP contribution in [0, 0.1) is 5.92 Å². The Labute approximate surface area is 141 Å². The van der Waals surface area contributed by atoms with Crippen LogP contribution in [0.4, 0.5) is 0 Å². The fourth-order valence-electron chi connectivity index (χ4n) is 4.20. The van der Waals surface area contributed by atoms with Crippen molar-refractivity contribution in [2.75, 3.05) is 6.54 Å². The molecule has 1 saturated heterocycles. The number of halogens is 1. The summed E-state index contributed by atoms with van der Waals surface area (Å²) in [7, 11) is 0. The number of carbonyl (C=O) groups excluding carboxylic acids is 1. The van der Waals surface area contributed by atoms with Crippen LogP contribution in [0.1, 0.15) is 44.6 Å². The molecule has 1 amide bonds.